The Hall–Kier alpha value is -0.770. The molecular formula is C16H24ClNO2. The molecule has 112 valence electrons. The lowest BCUT2D eigenvalue weighted by atomic mass is 10.1. The molecule has 0 fully saturated rings. The predicted molar refractivity (Wildman–Crippen MR) is 82.7 cm³/mol. The summed E-state index contributed by atoms with van der Waals surface area (Å²) < 4.78 is 11.2. The van der Waals surface area contributed by atoms with Crippen LogP contribution in [0.3, 0.4) is 0 Å². The molecule has 0 radical (unpaired) electrons. The van der Waals surface area contributed by atoms with Crippen LogP contribution in [0.15, 0.2) is 12.1 Å². The molecular weight excluding hydrogens is 274 g/mol. The maximum absolute atomic E-state index is 6.14. The van der Waals surface area contributed by atoms with Crippen molar-refractivity contribution in [3.8, 4) is 5.75 Å². The number of halogens is 1. The summed E-state index contributed by atoms with van der Waals surface area (Å²) in [5.74, 6) is 1.03. The van der Waals surface area contributed by atoms with Gasteiger partial charge in [-0.2, -0.15) is 0 Å². The highest BCUT2D eigenvalue weighted by Crippen LogP contribution is 2.32. The van der Waals surface area contributed by atoms with Crippen LogP contribution in [0.4, 0.5) is 0 Å². The molecule has 1 aliphatic rings. The van der Waals surface area contributed by atoms with Gasteiger partial charge in [0.2, 0.25) is 0 Å². The van der Waals surface area contributed by atoms with Gasteiger partial charge in [0, 0.05) is 30.2 Å². The summed E-state index contributed by atoms with van der Waals surface area (Å²) in [7, 11) is 0. The minimum absolute atomic E-state index is 0.328. The third kappa shape index (κ3) is 4.65. The van der Waals surface area contributed by atoms with E-state index in [-0.39, 0.29) is 0 Å². The Labute approximate surface area is 126 Å². The van der Waals surface area contributed by atoms with E-state index in [9.17, 15) is 0 Å². The summed E-state index contributed by atoms with van der Waals surface area (Å²) in [4.78, 5) is 0. The third-order valence-corrected chi connectivity index (χ3v) is 3.56. The average Bonchev–Trinajstić information content (AvgIpc) is 2.85. The monoisotopic (exact) mass is 297 g/mol. The number of nitrogens with one attached hydrogen (secondary N) is 1. The van der Waals surface area contributed by atoms with Crippen LogP contribution in [0, 0.1) is 0 Å². The van der Waals surface area contributed by atoms with Crippen molar-refractivity contribution in [3.63, 3.8) is 0 Å². The summed E-state index contributed by atoms with van der Waals surface area (Å²) in [5, 5.41) is 4.25. The fraction of sp³-hybridized carbons (Fsp3) is 0.625. The summed E-state index contributed by atoms with van der Waals surface area (Å²) in [6.07, 6.45) is 3.51. The Morgan fingerprint density at radius 3 is 3.00 bits per heavy atom. The second kappa shape index (κ2) is 7.87. The summed E-state index contributed by atoms with van der Waals surface area (Å²) in [5.41, 5.74) is 2.41. The summed E-state index contributed by atoms with van der Waals surface area (Å²) >= 11 is 6.14. The van der Waals surface area contributed by atoms with Gasteiger partial charge in [0.1, 0.15) is 5.75 Å². The van der Waals surface area contributed by atoms with Gasteiger partial charge in [-0.25, -0.2) is 0 Å². The van der Waals surface area contributed by atoms with Crippen molar-refractivity contribution in [3.05, 3.63) is 28.3 Å². The molecule has 0 saturated carbocycles. The van der Waals surface area contributed by atoms with Crippen molar-refractivity contribution in [2.45, 2.75) is 45.8 Å². The smallest absolute Gasteiger partial charge is 0.127 e. The van der Waals surface area contributed by atoms with E-state index in [2.05, 4.69) is 19.2 Å². The molecule has 1 aliphatic heterocycles. The quantitative estimate of drug-likeness (QED) is 0.744. The minimum Gasteiger partial charge on any atom is -0.493 e. The first-order chi connectivity index (χ1) is 9.66. The Morgan fingerprint density at radius 1 is 1.35 bits per heavy atom. The van der Waals surface area contributed by atoms with Gasteiger partial charge in [0.05, 0.1) is 12.7 Å². The highest BCUT2D eigenvalue weighted by molar-refractivity contribution is 6.30. The van der Waals surface area contributed by atoms with E-state index < -0.39 is 0 Å². The van der Waals surface area contributed by atoms with Gasteiger partial charge in [0.15, 0.2) is 0 Å². The minimum atomic E-state index is 0.328. The number of fused-ring (bicyclic) bond motifs is 1. The molecule has 1 aromatic carbocycles. The number of rotatable bonds is 8. The molecule has 20 heavy (non-hydrogen) atoms. The lowest BCUT2D eigenvalue weighted by Gasteiger charge is -2.11. The Balaban J connectivity index is 1.70. The molecule has 0 unspecified atom stereocenters. The van der Waals surface area contributed by atoms with Crippen LogP contribution in [-0.4, -0.2) is 25.9 Å². The number of unbranched alkanes of at least 4 members (excludes halogenated alkanes) is 1. The van der Waals surface area contributed by atoms with Crippen LogP contribution < -0.4 is 10.1 Å². The van der Waals surface area contributed by atoms with Crippen LogP contribution in [0.25, 0.3) is 0 Å². The van der Waals surface area contributed by atoms with Gasteiger partial charge in [-0.3, -0.25) is 0 Å². The largest absolute Gasteiger partial charge is 0.493 e. The van der Waals surface area contributed by atoms with E-state index in [1.807, 2.05) is 12.1 Å². The van der Waals surface area contributed by atoms with Crippen LogP contribution in [0.5, 0.6) is 5.75 Å². The average molecular weight is 298 g/mol. The van der Waals surface area contributed by atoms with E-state index in [1.54, 1.807) is 0 Å². The van der Waals surface area contributed by atoms with E-state index in [4.69, 9.17) is 21.1 Å². The maximum Gasteiger partial charge on any atom is 0.127 e. The Bertz CT molecular complexity index is 435. The highest BCUT2D eigenvalue weighted by Gasteiger charge is 2.17. The Morgan fingerprint density at radius 2 is 2.20 bits per heavy atom. The molecule has 0 saturated heterocycles. The lowest BCUT2D eigenvalue weighted by Crippen LogP contribution is -2.16. The molecule has 1 aromatic rings. The fourth-order valence-electron chi connectivity index (χ4n) is 2.37. The molecule has 4 heteroatoms. The zero-order valence-electron chi connectivity index (χ0n) is 12.4. The van der Waals surface area contributed by atoms with Gasteiger partial charge in [-0.15, -0.1) is 0 Å². The first-order valence-corrected chi connectivity index (χ1v) is 7.81. The SMILES string of the molecule is CC(C)OCCCCNCc1cc(Cl)cc2c1OCC2. The standard InChI is InChI=1S/C16H24ClNO2/c1-12(2)19-7-4-3-6-18-11-14-10-15(17)9-13-5-8-20-16(13)14/h9-10,12,18H,3-8,11H2,1-2H3. The molecule has 0 atom stereocenters. The number of benzene rings is 1. The zero-order chi connectivity index (χ0) is 14.4. The van der Waals surface area contributed by atoms with Gasteiger partial charge < -0.3 is 14.8 Å². The molecule has 0 bridgehead atoms. The van der Waals surface area contributed by atoms with Crippen LogP contribution >= 0.6 is 11.6 Å². The third-order valence-electron chi connectivity index (χ3n) is 3.34. The molecule has 2 rings (SSSR count). The van der Waals surface area contributed by atoms with Gasteiger partial charge >= 0.3 is 0 Å². The van der Waals surface area contributed by atoms with Crippen LogP contribution in [0.1, 0.15) is 37.8 Å². The molecule has 0 aromatic heterocycles. The van der Waals surface area contributed by atoms with Crippen LogP contribution in [0.2, 0.25) is 5.02 Å². The summed E-state index contributed by atoms with van der Waals surface area (Å²) in [6.45, 7) is 7.55. The van der Waals surface area contributed by atoms with Crippen molar-refractivity contribution >= 4 is 11.6 Å². The first kappa shape index (κ1) is 15.6. The molecule has 1 N–H and O–H groups in total. The summed E-state index contributed by atoms with van der Waals surface area (Å²) in [6, 6.07) is 4.01. The van der Waals surface area contributed by atoms with Gasteiger partial charge in [-0.05, 0) is 50.9 Å². The van der Waals surface area contributed by atoms with Crippen molar-refractivity contribution < 1.29 is 9.47 Å². The van der Waals surface area contributed by atoms with E-state index in [0.29, 0.717) is 6.10 Å². The van der Waals surface area contributed by atoms with Gasteiger partial charge in [-0.1, -0.05) is 11.6 Å². The highest BCUT2D eigenvalue weighted by atomic mass is 35.5. The second-order valence-electron chi connectivity index (χ2n) is 5.46. The maximum atomic E-state index is 6.14. The van der Waals surface area contributed by atoms with Crippen LogP contribution in [-0.2, 0) is 17.7 Å². The normalized spacial score (nSPS) is 13.6. The second-order valence-corrected chi connectivity index (χ2v) is 5.89. The molecule has 0 aliphatic carbocycles. The van der Waals surface area contributed by atoms with E-state index in [1.165, 1.54) is 11.1 Å². The number of hydrogen-bond donors (Lipinski definition) is 1. The fourth-order valence-corrected chi connectivity index (χ4v) is 2.63. The zero-order valence-corrected chi connectivity index (χ0v) is 13.1. The van der Waals surface area contributed by atoms with Crippen molar-refractivity contribution in [1.82, 2.24) is 5.32 Å². The molecule has 3 nitrogen and oxygen atoms in total. The van der Waals surface area contributed by atoms with Crippen molar-refractivity contribution in [1.29, 1.82) is 0 Å². The topological polar surface area (TPSA) is 30.5 Å². The number of hydrogen-bond acceptors (Lipinski definition) is 3. The van der Waals surface area contributed by atoms with E-state index >= 15 is 0 Å². The Kier molecular flexibility index (Phi) is 6.14. The number of ether oxygens (including phenoxy) is 2. The van der Waals surface area contributed by atoms with Crippen molar-refractivity contribution in [2.24, 2.45) is 0 Å². The lowest BCUT2D eigenvalue weighted by molar-refractivity contribution is 0.0760. The molecule has 1 heterocycles. The molecule has 0 spiro atoms. The first-order valence-electron chi connectivity index (χ1n) is 7.43. The predicted octanol–water partition coefficient (Wildman–Crippen LogP) is 3.57. The van der Waals surface area contributed by atoms with Crippen molar-refractivity contribution in [2.75, 3.05) is 19.8 Å². The van der Waals surface area contributed by atoms with E-state index in [0.717, 1.165) is 56.3 Å². The van der Waals surface area contributed by atoms with Gasteiger partial charge in [0.25, 0.3) is 0 Å². The molecule has 0 amide bonds.